The first kappa shape index (κ1) is 15.0. The molecule has 0 aromatic heterocycles. The van der Waals surface area contributed by atoms with E-state index in [1.165, 1.54) is 0 Å². The van der Waals surface area contributed by atoms with E-state index in [0.717, 1.165) is 5.75 Å². The predicted octanol–water partition coefficient (Wildman–Crippen LogP) is 0.269. The lowest BCUT2D eigenvalue weighted by Gasteiger charge is -2.33. The summed E-state index contributed by atoms with van der Waals surface area (Å²) in [4.78, 5) is 25.4. The van der Waals surface area contributed by atoms with Crippen molar-refractivity contribution in [3.63, 3.8) is 0 Å². The third-order valence-electron chi connectivity index (χ3n) is 2.57. The summed E-state index contributed by atoms with van der Waals surface area (Å²) in [7, 11) is 0. The molecule has 1 atom stereocenters. The van der Waals surface area contributed by atoms with Gasteiger partial charge in [0.05, 0.1) is 13.2 Å². The Kier molecular flexibility index (Phi) is 6.82. The van der Waals surface area contributed by atoms with Crippen LogP contribution in [0, 0.1) is 0 Å². The Bertz CT molecular complexity index is 310. The maximum atomic E-state index is 12.0. The van der Waals surface area contributed by atoms with Crippen LogP contribution in [0.3, 0.4) is 0 Å². The maximum Gasteiger partial charge on any atom is 0.329 e. The lowest BCUT2D eigenvalue weighted by molar-refractivity contribution is -0.153. The first-order valence-corrected chi connectivity index (χ1v) is 7.21. The van der Waals surface area contributed by atoms with Gasteiger partial charge in [-0.2, -0.15) is 11.8 Å². The van der Waals surface area contributed by atoms with Crippen molar-refractivity contribution in [2.24, 2.45) is 0 Å². The molecule has 102 valence electrons. The van der Waals surface area contributed by atoms with E-state index >= 15 is 0 Å². The van der Waals surface area contributed by atoms with Crippen LogP contribution in [0.25, 0.3) is 0 Å². The fourth-order valence-corrected chi connectivity index (χ4v) is 2.75. The molecule has 0 radical (unpaired) electrons. The van der Waals surface area contributed by atoms with Crippen molar-refractivity contribution in [2.75, 3.05) is 37.7 Å². The molecule has 18 heavy (non-hydrogen) atoms. The molecule has 1 saturated heterocycles. The number of thioether (sulfide) groups is 1. The second-order valence-electron chi connectivity index (χ2n) is 3.85. The van der Waals surface area contributed by atoms with Crippen LogP contribution < -0.4 is 5.32 Å². The molecule has 1 aliphatic rings. The quantitative estimate of drug-likeness (QED) is 0.427. The molecular weight excluding hydrogens is 252 g/mol. The van der Waals surface area contributed by atoms with Crippen LogP contribution in [-0.2, 0) is 14.3 Å². The van der Waals surface area contributed by atoms with Gasteiger partial charge in [0.25, 0.3) is 0 Å². The van der Waals surface area contributed by atoms with E-state index < -0.39 is 6.04 Å². The number of carbonyl (C=O) groups excluding carboxylic acids is 2. The number of amides is 1. The molecule has 1 rings (SSSR count). The number of esters is 1. The summed E-state index contributed by atoms with van der Waals surface area (Å²) in [5.74, 6) is 1.12. The molecular formula is C12H20N2O3S. The van der Waals surface area contributed by atoms with Crippen molar-refractivity contribution in [1.29, 1.82) is 0 Å². The summed E-state index contributed by atoms with van der Waals surface area (Å²) in [6.07, 6.45) is 1.70. The summed E-state index contributed by atoms with van der Waals surface area (Å²) in [5, 5.41) is 2.96. The molecule has 1 heterocycles. The zero-order chi connectivity index (χ0) is 13.4. The summed E-state index contributed by atoms with van der Waals surface area (Å²) in [6.45, 7) is 7.10. The van der Waals surface area contributed by atoms with E-state index in [0.29, 0.717) is 25.4 Å². The third-order valence-corrected chi connectivity index (χ3v) is 3.60. The second-order valence-corrected chi connectivity index (χ2v) is 5.00. The zero-order valence-electron chi connectivity index (χ0n) is 10.7. The molecule has 6 heteroatoms. The summed E-state index contributed by atoms with van der Waals surface area (Å²) in [5.41, 5.74) is 0. The van der Waals surface area contributed by atoms with Gasteiger partial charge in [0.15, 0.2) is 0 Å². The molecule has 0 aromatic rings. The van der Waals surface area contributed by atoms with Gasteiger partial charge in [-0.3, -0.25) is 4.79 Å². The van der Waals surface area contributed by atoms with Gasteiger partial charge in [0, 0.05) is 24.6 Å². The van der Waals surface area contributed by atoms with Crippen LogP contribution in [0.4, 0.5) is 0 Å². The Morgan fingerprint density at radius 1 is 1.61 bits per heavy atom. The van der Waals surface area contributed by atoms with E-state index in [9.17, 15) is 9.59 Å². The first-order chi connectivity index (χ1) is 8.70. The SMILES string of the molecule is C=CCNCC(=O)N1CCSCC1C(=O)OCC. The topological polar surface area (TPSA) is 58.6 Å². The molecule has 0 aliphatic carbocycles. The van der Waals surface area contributed by atoms with Gasteiger partial charge in [0.1, 0.15) is 6.04 Å². The molecule has 1 aliphatic heterocycles. The second kappa shape index (κ2) is 8.16. The number of nitrogens with one attached hydrogen (secondary N) is 1. The minimum Gasteiger partial charge on any atom is -0.464 e. The van der Waals surface area contributed by atoms with Gasteiger partial charge in [-0.15, -0.1) is 6.58 Å². The minimum atomic E-state index is -0.443. The Labute approximate surface area is 112 Å². The Hall–Kier alpha value is -1.01. The van der Waals surface area contributed by atoms with Gasteiger partial charge in [-0.25, -0.2) is 4.79 Å². The largest absolute Gasteiger partial charge is 0.464 e. The average Bonchev–Trinajstić information content (AvgIpc) is 2.39. The fourth-order valence-electron chi connectivity index (χ4n) is 1.72. The fraction of sp³-hybridized carbons (Fsp3) is 0.667. The highest BCUT2D eigenvalue weighted by Crippen LogP contribution is 2.17. The molecule has 0 bridgehead atoms. The Morgan fingerprint density at radius 2 is 2.39 bits per heavy atom. The number of hydrogen-bond acceptors (Lipinski definition) is 5. The number of carbonyl (C=O) groups is 2. The highest BCUT2D eigenvalue weighted by molar-refractivity contribution is 7.99. The Balaban J connectivity index is 2.55. The number of hydrogen-bond donors (Lipinski definition) is 1. The summed E-state index contributed by atoms with van der Waals surface area (Å²) in [6, 6.07) is -0.443. The van der Waals surface area contributed by atoms with Gasteiger partial charge in [-0.1, -0.05) is 6.08 Å². The number of ether oxygens (including phenoxy) is 1. The number of rotatable bonds is 6. The average molecular weight is 272 g/mol. The van der Waals surface area contributed by atoms with Crippen LogP contribution in [0.1, 0.15) is 6.92 Å². The van der Waals surface area contributed by atoms with Crippen molar-refractivity contribution in [2.45, 2.75) is 13.0 Å². The molecule has 0 saturated carbocycles. The Morgan fingerprint density at radius 3 is 3.06 bits per heavy atom. The zero-order valence-corrected chi connectivity index (χ0v) is 11.5. The van der Waals surface area contributed by atoms with Gasteiger partial charge in [-0.05, 0) is 6.92 Å². The monoisotopic (exact) mass is 272 g/mol. The van der Waals surface area contributed by atoms with Crippen LogP contribution in [-0.4, -0.2) is 60.6 Å². The van der Waals surface area contributed by atoms with Crippen LogP contribution >= 0.6 is 11.8 Å². The lowest BCUT2D eigenvalue weighted by Crippen LogP contribution is -2.53. The highest BCUT2D eigenvalue weighted by atomic mass is 32.2. The van der Waals surface area contributed by atoms with Gasteiger partial charge in [0.2, 0.25) is 5.91 Å². The van der Waals surface area contributed by atoms with Crippen LogP contribution in [0.15, 0.2) is 12.7 Å². The number of nitrogens with zero attached hydrogens (tertiary/aromatic N) is 1. The molecule has 0 aromatic carbocycles. The maximum absolute atomic E-state index is 12.0. The molecule has 0 spiro atoms. The molecule has 1 amide bonds. The summed E-state index contributed by atoms with van der Waals surface area (Å²) < 4.78 is 5.00. The normalized spacial score (nSPS) is 19.4. The molecule has 1 fully saturated rings. The molecule has 5 nitrogen and oxygen atoms in total. The van der Waals surface area contributed by atoms with Gasteiger partial charge >= 0.3 is 5.97 Å². The van der Waals surface area contributed by atoms with Crippen molar-refractivity contribution in [3.8, 4) is 0 Å². The minimum absolute atomic E-state index is 0.0600. The van der Waals surface area contributed by atoms with Crippen LogP contribution in [0.5, 0.6) is 0 Å². The van der Waals surface area contributed by atoms with E-state index in [2.05, 4.69) is 11.9 Å². The lowest BCUT2D eigenvalue weighted by atomic mass is 10.2. The van der Waals surface area contributed by atoms with Crippen molar-refractivity contribution < 1.29 is 14.3 Å². The summed E-state index contributed by atoms with van der Waals surface area (Å²) >= 11 is 1.68. The van der Waals surface area contributed by atoms with Crippen molar-refractivity contribution >= 4 is 23.6 Å². The van der Waals surface area contributed by atoms with Crippen molar-refractivity contribution in [3.05, 3.63) is 12.7 Å². The van der Waals surface area contributed by atoms with E-state index in [-0.39, 0.29) is 18.4 Å². The van der Waals surface area contributed by atoms with Crippen LogP contribution in [0.2, 0.25) is 0 Å². The molecule has 1 N–H and O–H groups in total. The third kappa shape index (κ3) is 4.34. The van der Waals surface area contributed by atoms with Gasteiger partial charge < -0.3 is 15.0 Å². The first-order valence-electron chi connectivity index (χ1n) is 6.06. The van der Waals surface area contributed by atoms with E-state index in [1.54, 1.807) is 29.7 Å². The smallest absolute Gasteiger partial charge is 0.329 e. The highest BCUT2D eigenvalue weighted by Gasteiger charge is 2.33. The van der Waals surface area contributed by atoms with Crippen molar-refractivity contribution in [1.82, 2.24) is 10.2 Å². The predicted molar refractivity (Wildman–Crippen MR) is 72.5 cm³/mol. The molecule has 1 unspecified atom stereocenters. The van der Waals surface area contributed by atoms with E-state index in [1.807, 2.05) is 0 Å². The standard InChI is InChI=1S/C12H20N2O3S/c1-3-5-13-8-11(15)14-6-7-18-9-10(14)12(16)17-4-2/h3,10,13H,1,4-9H2,2H3. The van der Waals surface area contributed by atoms with E-state index in [4.69, 9.17) is 4.74 Å².